The molecule has 108 valence electrons. The molecule has 20 heavy (non-hydrogen) atoms. The van der Waals surface area contributed by atoms with E-state index in [4.69, 9.17) is 9.47 Å². The van der Waals surface area contributed by atoms with Crippen molar-refractivity contribution in [2.24, 2.45) is 0 Å². The van der Waals surface area contributed by atoms with E-state index >= 15 is 0 Å². The van der Waals surface area contributed by atoms with Crippen LogP contribution in [0.1, 0.15) is 30.9 Å². The Morgan fingerprint density at radius 3 is 3.00 bits per heavy atom. The van der Waals surface area contributed by atoms with Crippen LogP contribution in [0.15, 0.2) is 24.3 Å². The number of amides is 2. The van der Waals surface area contributed by atoms with Gasteiger partial charge < -0.3 is 20.1 Å². The molecule has 1 aromatic carbocycles. The average Bonchev–Trinajstić information content (AvgIpc) is 2.99. The molecule has 3 rings (SSSR count). The van der Waals surface area contributed by atoms with E-state index < -0.39 is 0 Å². The zero-order chi connectivity index (χ0) is 13.8. The zero-order valence-electron chi connectivity index (χ0n) is 11.4. The van der Waals surface area contributed by atoms with E-state index in [0.717, 1.165) is 37.2 Å². The summed E-state index contributed by atoms with van der Waals surface area (Å²) in [6.07, 6.45) is 3.08. The Balaban J connectivity index is 1.54. The summed E-state index contributed by atoms with van der Waals surface area (Å²) in [5.41, 5.74) is 1.05. The second-order valence-electron chi connectivity index (χ2n) is 5.22. The van der Waals surface area contributed by atoms with Crippen LogP contribution in [0.5, 0.6) is 5.75 Å². The summed E-state index contributed by atoms with van der Waals surface area (Å²) in [6.45, 7) is 2.02. The van der Waals surface area contributed by atoms with E-state index in [9.17, 15) is 4.79 Å². The number of ether oxygens (including phenoxy) is 2. The van der Waals surface area contributed by atoms with Crippen molar-refractivity contribution in [3.63, 3.8) is 0 Å². The van der Waals surface area contributed by atoms with Crippen LogP contribution >= 0.6 is 0 Å². The van der Waals surface area contributed by atoms with Gasteiger partial charge in [0, 0.05) is 25.1 Å². The highest BCUT2D eigenvalue weighted by Crippen LogP contribution is 2.31. The second kappa shape index (κ2) is 6.13. The molecule has 5 nitrogen and oxygen atoms in total. The normalized spacial score (nSPS) is 24.6. The fourth-order valence-corrected chi connectivity index (χ4v) is 2.71. The Kier molecular flexibility index (Phi) is 4.06. The molecule has 1 fully saturated rings. The molecule has 1 aromatic rings. The summed E-state index contributed by atoms with van der Waals surface area (Å²) in [4.78, 5) is 12.0. The molecule has 0 spiro atoms. The largest absolute Gasteiger partial charge is 0.493 e. The molecule has 5 heteroatoms. The third kappa shape index (κ3) is 3.04. The van der Waals surface area contributed by atoms with Crippen molar-refractivity contribution in [3.8, 4) is 5.75 Å². The van der Waals surface area contributed by atoms with Crippen LogP contribution in [0.2, 0.25) is 0 Å². The SMILES string of the molecule is O=C(NC[C@@H]1CCCO1)N[C@@H]1CCOc2ccccc21. The molecular formula is C15H20N2O3. The molecule has 2 aliphatic heterocycles. The number of fused-ring (bicyclic) bond motifs is 1. The number of benzene rings is 1. The van der Waals surface area contributed by atoms with Crippen LogP contribution in [0, 0.1) is 0 Å². The smallest absolute Gasteiger partial charge is 0.315 e. The molecule has 0 saturated carbocycles. The first-order chi connectivity index (χ1) is 9.83. The first kappa shape index (κ1) is 13.2. The summed E-state index contributed by atoms with van der Waals surface area (Å²) in [7, 11) is 0. The minimum atomic E-state index is -0.137. The molecule has 0 aliphatic carbocycles. The molecule has 0 bridgehead atoms. The topological polar surface area (TPSA) is 59.6 Å². The number of rotatable bonds is 3. The van der Waals surface area contributed by atoms with Gasteiger partial charge in [-0.2, -0.15) is 0 Å². The van der Waals surface area contributed by atoms with Gasteiger partial charge in [-0.1, -0.05) is 18.2 Å². The van der Waals surface area contributed by atoms with Gasteiger partial charge in [-0.15, -0.1) is 0 Å². The van der Waals surface area contributed by atoms with Crippen molar-refractivity contribution in [1.82, 2.24) is 10.6 Å². The van der Waals surface area contributed by atoms with Crippen LogP contribution in [-0.4, -0.2) is 31.9 Å². The highest BCUT2D eigenvalue weighted by atomic mass is 16.5. The number of nitrogens with one attached hydrogen (secondary N) is 2. The van der Waals surface area contributed by atoms with E-state index in [0.29, 0.717) is 13.2 Å². The third-order valence-electron chi connectivity index (χ3n) is 3.78. The molecule has 0 radical (unpaired) electrons. The van der Waals surface area contributed by atoms with Crippen LogP contribution in [0.3, 0.4) is 0 Å². The fraction of sp³-hybridized carbons (Fsp3) is 0.533. The Morgan fingerprint density at radius 2 is 2.15 bits per heavy atom. The molecular weight excluding hydrogens is 256 g/mol. The predicted octanol–water partition coefficient (Wildman–Crippen LogP) is 1.99. The summed E-state index contributed by atoms with van der Waals surface area (Å²) < 4.78 is 11.1. The maximum absolute atomic E-state index is 12.0. The molecule has 2 atom stereocenters. The Hall–Kier alpha value is -1.75. The van der Waals surface area contributed by atoms with Crippen LogP contribution in [-0.2, 0) is 4.74 Å². The molecule has 0 unspecified atom stereocenters. The number of hydrogen-bond acceptors (Lipinski definition) is 3. The minimum absolute atomic E-state index is 0.0180. The van der Waals surface area contributed by atoms with Crippen LogP contribution in [0.25, 0.3) is 0 Å². The standard InChI is InChI=1S/C15H20N2O3/c18-15(16-10-11-4-3-8-19-11)17-13-7-9-20-14-6-2-1-5-12(13)14/h1-2,5-6,11,13H,3-4,7-10H2,(H2,16,17,18)/t11-,13+/m0/s1. The highest BCUT2D eigenvalue weighted by Gasteiger charge is 2.23. The number of carbonyl (C=O) groups is 1. The Bertz CT molecular complexity index is 472. The minimum Gasteiger partial charge on any atom is -0.493 e. The van der Waals surface area contributed by atoms with Gasteiger partial charge in [0.15, 0.2) is 0 Å². The molecule has 2 aliphatic rings. The third-order valence-corrected chi connectivity index (χ3v) is 3.78. The van der Waals surface area contributed by atoms with Crippen molar-refractivity contribution in [1.29, 1.82) is 0 Å². The van der Waals surface area contributed by atoms with Gasteiger partial charge >= 0.3 is 6.03 Å². The summed E-state index contributed by atoms with van der Waals surface area (Å²) in [5, 5.41) is 5.90. The second-order valence-corrected chi connectivity index (χ2v) is 5.22. The number of urea groups is 1. The Morgan fingerprint density at radius 1 is 1.25 bits per heavy atom. The molecule has 2 N–H and O–H groups in total. The van der Waals surface area contributed by atoms with Gasteiger partial charge in [-0.05, 0) is 18.9 Å². The van der Waals surface area contributed by atoms with Crippen molar-refractivity contribution < 1.29 is 14.3 Å². The van der Waals surface area contributed by atoms with Gasteiger partial charge in [0.1, 0.15) is 5.75 Å². The van der Waals surface area contributed by atoms with Crippen molar-refractivity contribution in [2.75, 3.05) is 19.8 Å². The number of para-hydroxylation sites is 1. The molecule has 2 heterocycles. The van der Waals surface area contributed by atoms with E-state index in [-0.39, 0.29) is 18.2 Å². The van der Waals surface area contributed by atoms with Crippen molar-refractivity contribution in [2.45, 2.75) is 31.4 Å². The summed E-state index contributed by atoms with van der Waals surface area (Å²) in [6, 6.07) is 7.73. The molecule has 0 aromatic heterocycles. The van der Waals surface area contributed by atoms with Gasteiger partial charge in [-0.3, -0.25) is 0 Å². The van der Waals surface area contributed by atoms with E-state index in [1.165, 1.54) is 0 Å². The fourth-order valence-electron chi connectivity index (χ4n) is 2.71. The average molecular weight is 276 g/mol. The van der Waals surface area contributed by atoms with Gasteiger partial charge in [0.25, 0.3) is 0 Å². The Labute approximate surface area is 118 Å². The van der Waals surface area contributed by atoms with E-state index in [1.807, 2.05) is 24.3 Å². The first-order valence-electron chi connectivity index (χ1n) is 7.20. The maximum Gasteiger partial charge on any atom is 0.315 e. The van der Waals surface area contributed by atoms with Crippen LogP contribution in [0.4, 0.5) is 4.79 Å². The number of carbonyl (C=O) groups excluding carboxylic acids is 1. The lowest BCUT2D eigenvalue weighted by Gasteiger charge is -2.26. The lowest BCUT2D eigenvalue weighted by atomic mass is 10.0. The van der Waals surface area contributed by atoms with Gasteiger partial charge in [-0.25, -0.2) is 4.79 Å². The van der Waals surface area contributed by atoms with Gasteiger partial charge in [0.05, 0.1) is 18.8 Å². The molecule has 1 saturated heterocycles. The van der Waals surface area contributed by atoms with E-state index in [1.54, 1.807) is 0 Å². The maximum atomic E-state index is 12.0. The highest BCUT2D eigenvalue weighted by molar-refractivity contribution is 5.74. The lowest BCUT2D eigenvalue weighted by molar-refractivity contribution is 0.111. The lowest BCUT2D eigenvalue weighted by Crippen LogP contribution is -2.42. The quantitative estimate of drug-likeness (QED) is 0.887. The van der Waals surface area contributed by atoms with Gasteiger partial charge in [0.2, 0.25) is 0 Å². The molecule has 2 amide bonds. The van der Waals surface area contributed by atoms with E-state index in [2.05, 4.69) is 10.6 Å². The first-order valence-corrected chi connectivity index (χ1v) is 7.20. The number of hydrogen-bond donors (Lipinski definition) is 2. The van der Waals surface area contributed by atoms with Crippen molar-refractivity contribution in [3.05, 3.63) is 29.8 Å². The summed E-state index contributed by atoms with van der Waals surface area (Å²) in [5.74, 6) is 0.864. The van der Waals surface area contributed by atoms with Crippen molar-refractivity contribution >= 4 is 6.03 Å². The monoisotopic (exact) mass is 276 g/mol. The van der Waals surface area contributed by atoms with Crippen LogP contribution < -0.4 is 15.4 Å². The summed E-state index contributed by atoms with van der Waals surface area (Å²) >= 11 is 0. The predicted molar refractivity (Wildman–Crippen MR) is 74.8 cm³/mol. The zero-order valence-corrected chi connectivity index (χ0v) is 11.4.